The highest BCUT2D eigenvalue weighted by molar-refractivity contribution is 7.10. The van der Waals surface area contributed by atoms with Crippen molar-refractivity contribution >= 4 is 17.2 Å². The molecular weight excluding hydrogens is 270 g/mol. The number of hydrogen-bond donors (Lipinski definition) is 2. The second-order valence-electron chi connectivity index (χ2n) is 5.89. The molecule has 4 nitrogen and oxygen atoms in total. The fourth-order valence-corrected chi connectivity index (χ4v) is 3.56. The lowest BCUT2D eigenvalue weighted by molar-refractivity contribution is -0.123. The molecule has 1 aromatic rings. The highest BCUT2D eigenvalue weighted by Crippen LogP contribution is 2.25. The van der Waals surface area contributed by atoms with E-state index in [0.29, 0.717) is 18.5 Å². The zero-order chi connectivity index (χ0) is 14.5. The van der Waals surface area contributed by atoms with E-state index in [9.17, 15) is 4.79 Å². The molecule has 2 N–H and O–H groups in total. The fourth-order valence-electron chi connectivity index (χ4n) is 2.61. The third-order valence-electron chi connectivity index (χ3n) is 3.65. The number of nitrogens with one attached hydrogen (secondary N) is 2. The summed E-state index contributed by atoms with van der Waals surface area (Å²) in [5, 5.41) is 8.65. The minimum atomic E-state index is 0.128. The van der Waals surface area contributed by atoms with Crippen LogP contribution in [-0.4, -0.2) is 43.0 Å². The van der Waals surface area contributed by atoms with Crippen molar-refractivity contribution in [2.45, 2.75) is 32.9 Å². The van der Waals surface area contributed by atoms with E-state index in [1.54, 1.807) is 11.3 Å². The Kier molecular flexibility index (Phi) is 5.57. The van der Waals surface area contributed by atoms with E-state index in [0.717, 1.165) is 19.6 Å². The van der Waals surface area contributed by atoms with Crippen LogP contribution in [0, 0.1) is 5.92 Å². The third kappa shape index (κ3) is 4.30. The summed E-state index contributed by atoms with van der Waals surface area (Å²) in [5.41, 5.74) is 0. The van der Waals surface area contributed by atoms with Gasteiger partial charge in [0.15, 0.2) is 0 Å². The van der Waals surface area contributed by atoms with Crippen LogP contribution < -0.4 is 10.6 Å². The second-order valence-corrected chi connectivity index (χ2v) is 6.87. The first kappa shape index (κ1) is 15.5. The SMILES string of the molecule is CC(C)C(NC(=O)CN1CCN[C@@H](C)C1)c1cccs1. The molecule has 0 aliphatic carbocycles. The zero-order valence-electron chi connectivity index (χ0n) is 12.6. The minimum Gasteiger partial charge on any atom is -0.347 e. The Balaban J connectivity index is 1.88. The number of rotatable bonds is 5. The minimum absolute atomic E-state index is 0.128. The highest BCUT2D eigenvalue weighted by atomic mass is 32.1. The first-order valence-electron chi connectivity index (χ1n) is 7.34. The summed E-state index contributed by atoms with van der Waals surface area (Å²) in [6.45, 7) is 9.82. The van der Waals surface area contributed by atoms with Crippen LogP contribution in [0.15, 0.2) is 17.5 Å². The molecule has 112 valence electrons. The average Bonchev–Trinajstić information content (AvgIpc) is 2.89. The van der Waals surface area contributed by atoms with Gasteiger partial charge in [0, 0.05) is 30.6 Å². The van der Waals surface area contributed by atoms with Gasteiger partial charge in [0.2, 0.25) is 5.91 Å². The van der Waals surface area contributed by atoms with Gasteiger partial charge in [-0.1, -0.05) is 19.9 Å². The van der Waals surface area contributed by atoms with Gasteiger partial charge in [0.25, 0.3) is 0 Å². The quantitative estimate of drug-likeness (QED) is 0.871. The van der Waals surface area contributed by atoms with E-state index in [1.807, 2.05) is 6.07 Å². The normalized spacial score (nSPS) is 21.9. The van der Waals surface area contributed by atoms with Crippen molar-refractivity contribution < 1.29 is 4.79 Å². The summed E-state index contributed by atoms with van der Waals surface area (Å²) >= 11 is 1.71. The summed E-state index contributed by atoms with van der Waals surface area (Å²) in [4.78, 5) is 15.7. The van der Waals surface area contributed by atoms with Crippen LogP contribution in [-0.2, 0) is 4.79 Å². The topological polar surface area (TPSA) is 44.4 Å². The van der Waals surface area contributed by atoms with Crippen LogP contribution in [0.4, 0.5) is 0 Å². The molecule has 20 heavy (non-hydrogen) atoms. The Morgan fingerprint density at radius 1 is 1.60 bits per heavy atom. The maximum atomic E-state index is 12.3. The highest BCUT2D eigenvalue weighted by Gasteiger charge is 2.22. The molecule has 1 aliphatic rings. The summed E-state index contributed by atoms with van der Waals surface area (Å²) in [5.74, 6) is 0.533. The molecule has 1 aromatic heterocycles. The maximum Gasteiger partial charge on any atom is 0.234 e. The summed E-state index contributed by atoms with van der Waals surface area (Å²) < 4.78 is 0. The van der Waals surface area contributed by atoms with E-state index >= 15 is 0 Å². The van der Waals surface area contributed by atoms with Crippen molar-refractivity contribution in [2.24, 2.45) is 5.92 Å². The molecule has 0 spiro atoms. The summed E-state index contributed by atoms with van der Waals surface area (Å²) in [7, 11) is 0. The van der Waals surface area contributed by atoms with Crippen LogP contribution in [0.2, 0.25) is 0 Å². The Labute approximate surface area is 125 Å². The van der Waals surface area contributed by atoms with Crippen LogP contribution in [0.25, 0.3) is 0 Å². The number of thiophene rings is 1. The van der Waals surface area contributed by atoms with Crippen molar-refractivity contribution in [1.82, 2.24) is 15.5 Å². The third-order valence-corrected chi connectivity index (χ3v) is 4.61. The molecular formula is C15H25N3OS. The Morgan fingerprint density at radius 2 is 2.40 bits per heavy atom. The number of carbonyl (C=O) groups is 1. The molecule has 0 radical (unpaired) electrons. The van der Waals surface area contributed by atoms with E-state index < -0.39 is 0 Å². The zero-order valence-corrected chi connectivity index (χ0v) is 13.4. The predicted octanol–water partition coefficient (Wildman–Crippen LogP) is 1.86. The molecule has 1 amide bonds. The second kappa shape index (κ2) is 7.20. The van der Waals surface area contributed by atoms with Gasteiger partial charge < -0.3 is 10.6 Å². The first-order chi connectivity index (χ1) is 9.56. The molecule has 2 atom stereocenters. The number of piperazine rings is 1. The maximum absolute atomic E-state index is 12.3. The van der Waals surface area contributed by atoms with Crippen LogP contribution in [0.5, 0.6) is 0 Å². The van der Waals surface area contributed by atoms with Crippen LogP contribution in [0.3, 0.4) is 0 Å². The Hall–Kier alpha value is -0.910. The molecule has 2 heterocycles. The van der Waals surface area contributed by atoms with Gasteiger partial charge in [-0.05, 0) is 24.3 Å². The van der Waals surface area contributed by atoms with E-state index in [4.69, 9.17) is 0 Å². The molecule has 2 rings (SSSR count). The molecule has 1 saturated heterocycles. The summed E-state index contributed by atoms with van der Waals surface area (Å²) in [6, 6.07) is 4.74. The number of carbonyl (C=O) groups excluding carboxylic acids is 1. The van der Waals surface area contributed by atoms with Crippen LogP contribution in [0.1, 0.15) is 31.7 Å². The van der Waals surface area contributed by atoms with E-state index in [2.05, 4.69) is 47.8 Å². The molecule has 0 saturated carbocycles. The lowest BCUT2D eigenvalue weighted by atomic mass is 10.0. The smallest absolute Gasteiger partial charge is 0.234 e. The van der Waals surface area contributed by atoms with Crippen molar-refractivity contribution in [1.29, 1.82) is 0 Å². The molecule has 1 aliphatic heterocycles. The van der Waals surface area contributed by atoms with Crippen molar-refractivity contribution in [2.75, 3.05) is 26.2 Å². The molecule has 5 heteroatoms. The fraction of sp³-hybridized carbons (Fsp3) is 0.667. The Morgan fingerprint density at radius 3 is 3.00 bits per heavy atom. The van der Waals surface area contributed by atoms with Gasteiger partial charge in [-0.25, -0.2) is 0 Å². The van der Waals surface area contributed by atoms with E-state index in [-0.39, 0.29) is 11.9 Å². The number of hydrogen-bond acceptors (Lipinski definition) is 4. The van der Waals surface area contributed by atoms with Crippen LogP contribution >= 0.6 is 11.3 Å². The lowest BCUT2D eigenvalue weighted by Gasteiger charge is -2.32. The largest absolute Gasteiger partial charge is 0.347 e. The lowest BCUT2D eigenvalue weighted by Crippen LogP contribution is -2.52. The van der Waals surface area contributed by atoms with Gasteiger partial charge in [0.05, 0.1) is 12.6 Å². The van der Waals surface area contributed by atoms with Gasteiger partial charge in [-0.2, -0.15) is 0 Å². The number of amides is 1. The summed E-state index contributed by atoms with van der Waals surface area (Å²) in [6.07, 6.45) is 0. The molecule has 0 bridgehead atoms. The van der Waals surface area contributed by atoms with Gasteiger partial charge in [-0.3, -0.25) is 9.69 Å². The molecule has 0 aromatic carbocycles. The van der Waals surface area contributed by atoms with Gasteiger partial charge in [-0.15, -0.1) is 11.3 Å². The van der Waals surface area contributed by atoms with Gasteiger partial charge in [0.1, 0.15) is 0 Å². The Bertz CT molecular complexity index is 419. The predicted molar refractivity (Wildman–Crippen MR) is 83.9 cm³/mol. The first-order valence-corrected chi connectivity index (χ1v) is 8.22. The van der Waals surface area contributed by atoms with Crippen molar-refractivity contribution in [3.05, 3.63) is 22.4 Å². The standard InChI is InChI=1S/C15H25N3OS/c1-11(2)15(13-5-4-8-20-13)17-14(19)10-18-7-6-16-12(3)9-18/h4-5,8,11-12,15-16H,6-7,9-10H2,1-3H3,(H,17,19)/t12-,15?/m0/s1. The van der Waals surface area contributed by atoms with E-state index in [1.165, 1.54) is 4.88 Å². The average molecular weight is 295 g/mol. The van der Waals surface area contributed by atoms with Crippen molar-refractivity contribution in [3.63, 3.8) is 0 Å². The number of nitrogens with zero attached hydrogens (tertiary/aromatic N) is 1. The molecule has 1 fully saturated rings. The van der Waals surface area contributed by atoms with Gasteiger partial charge >= 0.3 is 0 Å². The molecule has 1 unspecified atom stereocenters. The monoisotopic (exact) mass is 295 g/mol. The van der Waals surface area contributed by atoms with Crippen molar-refractivity contribution in [3.8, 4) is 0 Å².